The summed E-state index contributed by atoms with van der Waals surface area (Å²) in [6, 6.07) is 7.48. The SMILES string of the molecule is NCc1cc(C(=O)NCCc2ccc(Br)s2)ccn1. The van der Waals surface area contributed by atoms with Crippen LogP contribution in [0.1, 0.15) is 20.9 Å². The van der Waals surface area contributed by atoms with Gasteiger partial charge in [0.25, 0.3) is 5.91 Å². The quantitative estimate of drug-likeness (QED) is 0.878. The number of halogens is 1. The summed E-state index contributed by atoms with van der Waals surface area (Å²) >= 11 is 5.10. The molecular formula is C13H14BrN3OS. The van der Waals surface area contributed by atoms with E-state index in [-0.39, 0.29) is 5.91 Å². The molecule has 0 atom stereocenters. The number of hydrogen-bond donors (Lipinski definition) is 2. The molecule has 6 heteroatoms. The summed E-state index contributed by atoms with van der Waals surface area (Å²) in [6.07, 6.45) is 2.43. The fourth-order valence-corrected chi connectivity index (χ4v) is 3.10. The van der Waals surface area contributed by atoms with Gasteiger partial charge in [0.15, 0.2) is 0 Å². The minimum Gasteiger partial charge on any atom is -0.352 e. The Bertz CT molecular complexity index is 571. The molecule has 0 fully saturated rings. The Morgan fingerprint density at radius 1 is 1.42 bits per heavy atom. The molecule has 1 amide bonds. The van der Waals surface area contributed by atoms with Crippen molar-refractivity contribution in [2.24, 2.45) is 5.73 Å². The number of hydrogen-bond acceptors (Lipinski definition) is 4. The summed E-state index contributed by atoms with van der Waals surface area (Å²) in [5.41, 5.74) is 6.82. The molecule has 0 saturated heterocycles. The van der Waals surface area contributed by atoms with Crippen LogP contribution >= 0.6 is 27.3 Å². The topological polar surface area (TPSA) is 68.0 Å². The Balaban J connectivity index is 1.87. The molecule has 0 spiro atoms. The number of rotatable bonds is 5. The van der Waals surface area contributed by atoms with Crippen LogP contribution in [0.15, 0.2) is 34.2 Å². The average Bonchev–Trinajstić information content (AvgIpc) is 2.84. The summed E-state index contributed by atoms with van der Waals surface area (Å²) in [4.78, 5) is 17.2. The summed E-state index contributed by atoms with van der Waals surface area (Å²) in [5, 5.41) is 2.89. The standard InChI is InChI=1S/C13H14BrN3OS/c14-12-2-1-11(19-12)4-6-17-13(18)9-3-5-16-10(7-9)8-15/h1-3,5,7H,4,6,8,15H2,(H,17,18). The molecule has 4 nitrogen and oxygen atoms in total. The van der Waals surface area contributed by atoms with E-state index < -0.39 is 0 Å². The second-order valence-electron chi connectivity index (χ2n) is 3.95. The van der Waals surface area contributed by atoms with Crippen LogP contribution in [0.5, 0.6) is 0 Å². The van der Waals surface area contributed by atoms with Crippen LogP contribution in [0.4, 0.5) is 0 Å². The molecule has 2 aromatic rings. The Morgan fingerprint density at radius 2 is 2.26 bits per heavy atom. The van der Waals surface area contributed by atoms with Crippen molar-refractivity contribution in [1.29, 1.82) is 0 Å². The van der Waals surface area contributed by atoms with Gasteiger partial charge in [0.2, 0.25) is 0 Å². The Morgan fingerprint density at radius 3 is 2.95 bits per heavy atom. The third kappa shape index (κ3) is 4.12. The number of carbonyl (C=O) groups excluding carboxylic acids is 1. The summed E-state index contributed by atoms with van der Waals surface area (Å²) in [6.45, 7) is 0.955. The van der Waals surface area contributed by atoms with Crippen molar-refractivity contribution in [2.45, 2.75) is 13.0 Å². The van der Waals surface area contributed by atoms with E-state index in [0.717, 1.165) is 15.9 Å². The first-order valence-electron chi connectivity index (χ1n) is 5.86. The maximum absolute atomic E-state index is 11.9. The first-order valence-corrected chi connectivity index (χ1v) is 7.47. The second-order valence-corrected chi connectivity index (χ2v) is 6.50. The van der Waals surface area contributed by atoms with Crippen LogP contribution in [0, 0.1) is 0 Å². The van der Waals surface area contributed by atoms with Crippen LogP contribution in [-0.4, -0.2) is 17.4 Å². The number of pyridine rings is 1. The molecule has 0 aliphatic carbocycles. The molecule has 2 heterocycles. The number of carbonyl (C=O) groups is 1. The molecular weight excluding hydrogens is 326 g/mol. The minimum atomic E-state index is -0.0901. The van der Waals surface area contributed by atoms with Crippen LogP contribution in [-0.2, 0) is 13.0 Å². The lowest BCUT2D eigenvalue weighted by Crippen LogP contribution is -2.25. The number of nitrogens with zero attached hydrogens (tertiary/aromatic N) is 1. The zero-order valence-electron chi connectivity index (χ0n) is 10.2. The van der Waals surface area contributed by atoms with Crippen molar-refractivity contribution < 1.29 is 4.79 Å². The van der Waals surface area contributed by atoms with Crippen molar-refractivity contribution in [3.63, 3.8) is 0 Å². The van der Waals surface area contributed by atoms with E-state index in [1.54, 1.807) is 29.7 Å². The fourth-order valence-electron chi connectivity index (χ4n) is 1.62. The summed E-state index contributed by atoms with van der Waals surface area (Å²) in [7, 11) is 0. The van der Waals surface area contributed by atoms with Crippen LogP contribution < -0.4 is 11.1 Å². The first-order chi connectivity index (χ1) is 9.19. The zero-order chi connectivity index (χ0) is 13.7. The maximum Gasteiger partial charge on any atom is 0.251 e. The highest BCUT2D eigenvalue weighted by atomic mass is 79.9. The van der Waals surface area contributed by atoms with Crippen molar-refractivity contribution in [1.82, 2.24) is 10.3 Å². The monoisotopic (exact) mass is 339 g/mol. The van der Waals surface area contributed by atoms with Gasteiger partial charge in [0.1, 0.15) is 0 Å². The molecule has 0 bridgehead atoms. The first kappa shape index (κ1) is 14.2. The molecule has 2 rings (SSSR count). The summed E-state index contributed by atoms with van der Waals surface area (Å²) < 4.78 is 1.11. The van der Waals surface area contributed by atoms with Crippen LogP contribution in [0.3, 0.4) is 0 Å². The largest absolute Gasteiger partial charge is 0.352 e. The maximum atomic E-state index is 11.9. The zero-order valence-corrected chi connectivity index (χ0v) is 12.6. The Kier molecular flexibility index (Phi) is 5.07. The van der Waals surface area contributed by atoms with E-state index in [4.69, 9.17) is 5.73 Å². The lowest BCUT2D eigenvalue weighted by molar-refractivity contribution is 0.0954. The minimum absolute atomic E-state index is 0.0901. The Labute approximate surface area is 124 Å². The predicted octanol–water partition coefficient (Wildman–Crippen LogP) is 2.34. The lowest BCUT2D eigenvalue weighted by Gasteiger charge is -2.05. The van der Waals surface area contributed by atoms with Crippen molar-refractivity contribution >= 4 is 33.2 Å². The van der Waals surface area contributed by atoms with E-state index in [0.29, 0.717) is 18.7 Å². The van der Waals surface area contributed by atoms with E-state index in [9.17, 15) is 4.79 Å². The number of nitrogens with two attached hydrogens (primary N) is 1. The molecule has 100 valence electrons. The van der Waals surface area contributed by atoms with E-state index in [1.165, 1.54) is 4.88 Å². The van der Waals surface area contributed by atoms with Gasteiger partial charge in [-0.1, -0.05) is 0 Å². The van der Waals surface area contributed by atoms with Crippen molar-refractivity contribution in [3.8, 4) is 0 Å². The normalized spacial score (nSPS) is 10.4. The van der Waals surface area contributed by atoms with Gasteiger partial charge in [-0.25, -0.2) is 0 Å². The highest BCUT2D eigenvalue weighted by Crippen LogP contribution is 2.22. The molecule has 0 radical (unpaired) electrons. The van der Waals surface area contributed by atoms with Crippen molar-refractivity contribution in [3.05, 3.63) is 50.4 Å². The van der Waals surface area contributed by atoms with Gasteiger partial charge in [-0.15, -0.1) is 11.3 Å². The average molecular weight is 340 g/mol. The number of nitrogens with one attached hydrogen (secondary N) is 1. The van der Waals surface area contributed by atoms with Gasteiger partial charge in [-0.05, 0) is 46.6 Å². The molecule has 19 heavy (non-hydrogen) atoms. The molecule has 2 aromatic heterocycles. The number of aromatic nitrogens is 1. The van der Waals surface area contributed by atoms with E-state index in [2.05, 4.69) is 32.3 Å². The molecule has 0 aromatic carbocycles. The number of amides is 1. The molecule has 0 unspecified atom stereocenters. The predicted molar refractivity (Wildman–Crippen MR) is 80.2 cm³/mol. The lowest BCUT2D eigenvalue weighted by atomic mass is 10.2. The summed E-state index contributed by atoms with van der Waals surface area (Å²) in [5.74, 6) is -0.0901. The molecule has 0 aliphatic heterocycles. The highest BCUT2D eigenvalue weighted by Gasteiger charge is 2.06. The van der Waals surface area contributed by atoms with Gasteiger partial charge in [-0.3, -0.25) is 9.78 Å². The van der Waals surface area contributed by atoms with Gasteiger partial charge < -0.3 is 11.1 Å². The third-order valence-electron chi connectivity index (χ3n) is 2.57. The molecule has 3 N–H and O–H groups in total. The van der Waals surface area contributed by atoms with E-state index >= 15 is 0 Å². The van der Waals surface area contributed by atoms with Crippen LogP contribution in [0.25, 0.3) is 0 Å². The Hall–Kier alpha value is -1.24. The van der Waals surface area contributed by atoms with Gasteiger partial charge in [0, 0.05) is 29.7 Å². The van der Waals surface area contributed by atoms with Gasteiger partial charge in [-0.2, -0.15) is 0 Å². The molecule has 0 saturated carbocycles. The second kappa shape index (κ2) is 6.79. The van der Waals surface area contributed by atoms with Crippen molar-refractivity contribution in [2.75, 3.05) is 6.54 Å². The van der Waals surface area contributed by atoms with Gasteiger partial charge in [0.05, 0.1) is 9.48 Å². The van der Waals surface area contributed by atoms with E-state index in [1.807, 2.05) is 6.07 Å². The highest BCUT2D eigenvalue weighted by molar-refractivity contribution is 9.11. The van der Waals surface area contributed by atoms with Gasteiger partial charge >= 0.3 is 0 Å². The third-order valence-corrected chi connectivity index (χ3v) is 4.26. The fraction of sp³-hybridized carbons (Fsp3) is 0.231. The molecule has 0 aliphatic rings. The smallest absolute Gasteiger partial charge is 0.251 e. The van der Waals surface area contributed by atoms with Crippen LogP contribution in [0.2, 0.25) is 0 Å². The number of thiophene rings is 1.